The van der Waals surface area contributed by atoms with Crippen LogP contribution in [0.4, 0.5) is 11.4 Å². The summed E-state index contributed by atoms with van der Waals surface area (Å²) in [5, 5.41) is 2.82. The molecule has 2 aliphatic carbocycles. The molecule has 2 fully saturated rings. The fraction of sp³-hybridized carbons (Fsp3) is 0.526. The highest BCUT2D eigenvalue weighted by atomic mass is 16.2. The van der Waals surface area contributed by atoms with E-state index in [4.69, 9.17) is 5.73 Å². The number of hydrogen-bond acceptors (Lipinski definition) is 4. The number of nitrogens with two attached hydrogens (primary N) is 1. The summed E-state index contributed by atoms with van der Waals surface area (Å²) in [7, 11) is 0. The van der Waals surface area contributed by atoms with Crippen molar-refractivity contribution in [3.63, 3.8) is 0 Å². The molecule has 0 aliphatic heterocycles. The second kappa shape index (κ2) is 6.86. The highest BCUT2D eigenvalue weighted by molar-refractivity contribution is 6.45. The molecule has 3 amide bonds. The third-order valence-corrected chi connectivity index (χ3v) is 5.66. The van der Waals surface area contributed by atoms with Gasteiger partial charge in [-0.1, -0.05) is 6.42 Å². The summed E-state index contributed by atoms with van der Waals surface area (Å²) in [6.07, 6.45) is 4.86. The van der Waals surface area contributed by atoms with Crippen LogP contribution in [0.5, 0.6) is 0 Å². The number of fused-ring (bicyclic) bond motifs is 2. The lowest BCUT2D eigenvalue weighted by Gasteiger charge is -2.29. The van der Waals surface area contributed by atoms with Crippen LogP contribution in [0.1, 0.15) is 39.5 Å². The molecule has 2 aliphatic rings. The largest absolute Gasteiger partial charge is 0.399 e. The van der Waals surface area contributed by atoms with E-state index in [0.717, 1.165) is 17.2 Å². The summed E-state index contributed by atoms with van der Waals surface area (Å²) in [5.74, 6) is -0.241. The minimum atomic E-state index is -0.854. The first kappa shape index (κ1) is 17.5. The maximum absolute atomic E-state index is 12.5. The van der Waals surface area contributed by atoms with Gasteiger partial charge in [-0.3, -0.25) is 14.4 Å². The van der Waals surface area contributed by atoms with Gasteiger partial charge in [0.1, 0.15) is 0 Å². The van der Waals surface area contributed by atoms with Crippen LogP contribution in [0, 0.1) is 17.8 Å². The maximum atomic E-state index is 12.5. The van der Waals surface area contributed by atoms with Gasteiger partial charge in [-0.05, 0) is 68.2 Å². The zero-order valence-corrected chi connectivity index (χ0v) is 14.7. The van der Waals surface area contributed by atoms with Crippen molar-refractivity contribution in [2.75, 3.05) is 10.6 Å². The summed E-state index contributed by atoms with van der Waals surface area (Å²) in [4.78, 5) is 37.8. The summed E-state index contributed by atoms with van der Waals surface area (Å²) in [5.41, 5.74) is 6.50. The summed E-state index contributed by atoms with van der Waals surface area (Å²) < 4.78 is 0. The third kappa shape index (κ3) is 3.52. The van der Waals surface area contributed by atoms with Crippen molar-refractivity contribution in [1.29, 1.82) is 0 Å². The van der Waals surface area contributed by atoms with Crippen molar-refractivity contribution < 1.29 is 14.4 Å². The molecule has 2 saturated carbocycles. The van der Waals surface area contributed by atoms with Crippen LogP contribution < -0.4 is 16.0 Å². The van der Waals surface area contributed by atoms with Crippen LogP contribution in [0.15, 0.2) is 24.3 Å². The van der Waals surface area contributed by atoms with E-state index in [0.29, 0.717) is 23.2 Å². The molecule has 6 heteroatoms. The Labute approximate surface area is 147 Å². The Morgan fingerprint density at radius 3 is 2.36 bits per heavy atom. The monoisotopic (exact) mass is 343 g/mol. The Morgan fingerprint density at radius 2 is 1.84 bits per heavy atom. The Bertz CT molecular complexity index is 686. The van der Waals surface area contributed by atoms with Crippen LogP contribution in [0.25, 0.3) is 0 Å². The first-order valence-corrected chi connectivity index (χ1v) is 8.88. The smallest absolute Gasteiger partial charge is 0.323 e. The van der Waals surface area contributed by atoms with Gasteiger partial charge in [-0.25, -0.2) is 4.90 Å². The predicted octanol–water partition coefficient (Wildman–Crippen LogP) is 2.09. The number of amides is 3. The molecule has 0 saturated heterocycles. The number of nitrogens with one attached hydrogen (secondary N) is 1. The fourth-order valence-electron chi connectivity index (χ4n) is 4.45. The molecule has 3 rings (SSSR count). The van der Waals surface area contributed by atoms with E-state index in [1.54, 1.807) is 24.3 Å². The van der Waals surface area contributed by atoms with Crippen molar-refractivity contribution in [3.05, 3.63) is 24.3 Å². The molecule has 4 unspecified atom stereocenters. The highest BCUT2D eigenvalue weighted by Crippen LogP contribution is 2.49. The lowest BCUT2D eigenvalue weighted by molar-refractivity contribution is -0.140. The van der Waals surface area contributed by atoms with E-state index in [2.05, 4.69) is 5.32 Å². The Hall–Kier alpha value is -2.37. The molecule has 134 valence electrons. The van der Waals surface area contributed by atoms with Crippen LogP contribution >= 0.6 is 0 Å². The van der Waals surface area contributed by atoms with Gasteiger partial charge >= 0.3 is 11.8 Å². The number of carbonyl (C=O) groups excluding carboxylic acids is 3. The van der Waals surface area contributed by atoms with Gasteiger partial charge in [-0.2, -0.15) is 0 Å². The molecule has 0 aromatic heterocycles. The quantitative estimate of drug-likeness (QED) is 0.649. The molecule has 2 bridgehead atoms. The minimum absolute atomic E-state index is 0.0630. The lowest BCUT2D eigenvalue weighted by Crippen LogP contribution is -2.50. The second-order valence-electron chi connectivity index (χ2n) is 7.35. The molecule has 3 N–H and O–H groups in total. The van der Waals surface area contributed by atoms with E-state index in [1.807, 2.05) is 6.92 Å². The van der Waals surface area contributed by atoms with Crippen LogP contribution in [-0.4, -0.2) is 23.8 Å². The fourth-order valence-corrected chi connectivity index (χ4v) is 4.45. The number of rotatable bonds is 3. The van der Waals surface area contributed by atoms with Gasteiger partial charge in [0, 0.05) is 18.7 Å². The molecule has 0 radical (unpaired) electrons. The van der Waals surface area contributed by atoms with Crippen molar-refractivity contribution in [2.45, 2.75) is 45.6 Å². The lowest BCUT2D eigenvalue weighted by atomic mass is 9.84. The number of carbonyl (C=O) groups is 3. The van der Waals surface area contributed by atoms with Crippen molar-refractivity contribution in [3.8, 4) is 0 Å². The molecule has 0 spiro atoms. The summed E-state index contributed by atoms with van der Waals surface area (Å²) in [6, 6.07) is 6.23. The Morgan fingerprint density at radius 1 is 1.16 bits per heavy atom. The SMILES string of the molecule is CC(=O)N(C(=O)C(=O)NC(C)C1CC2CCC1C2)c1ccc(N)cc1. The minimum Gasteiger partial charge on any atom is -0.399 e. The van der Waals surface area contributed by atoms with Gasteiger partial charge in [0.2, 0.25) is 5.91 Å². The summed E-state index contributed by atoms with van der Waals surface area (Å²) >= 11 is 0. The molecule has 0 heterocycles. The maximum Gasteiger partial charge on any atom is 0.323 e. The molecule has 1 aromatic carbocycles. The van der Waals surface area contributed by atoms with Crippen molar-refractivity contribution in [2.24, 2.45) is 17.8 Å². The number of benzene rings is 1. The van der Waals surface area contributed by atoms with E-state index < -0.39 is 17.7 Å². The summed E-state index contributed by atoms with van der Waals surface area (Å²) in [6.45, 7) is 3.22. The second-order valence-corrected chi connectivity index (χ2v) is 7.35. The molecule has 6 nitrogen and oxygen atoms in total. The van der Waals surface area contributed by atoms with E-state index in [-0.39, 0.29) is 6.04 Å². The first-order chi connectivity index (χ1) is 11.9. The average molecular weight is 343 g/mol. The number of hydrogen-bond donors (Lipinski definition) is 2. The predicted molar refractivity (Wildman–Crippen MR) is 95.6 cm³/mol. The number of nitrogen functional groups attached to an aromatic ring is 1. The van der Waals surface area contributed by atoms with Gasteiger partial charge in [0.15, 0.2) is 0 Å². The van der Waals surface area contributed by atoms with Crippen LogP contribution in [0.2, 0.25) is 0 Å². The van der Waals surface area contributed by atoms with Gasteiger partial charge < -0.3 is 11.1 Å². The van der Waals surface area contributed by atoms with Gasteiger partial charge in [-0.15, -0.1) is 0 Å². The normalized spacial score (nSPS) is 25.4. The molecular weight excluding hydrogens is 318 g/mol. The number of anilines is 2. The number of imide groups is 1. The van der Waals surface area contributed by atoms with Crippen molar-refractivity contribution >= 4 is 29.1 Å². The molecule has 1 aromatic rings. The van der Waals surface area contributed by atoms with E-state index in [1.165, 1.54) is 26.2 Å². The molecule has 25 heavy (non-hydrogen) atoms. The third-order valence-electron chi connectivity index (χ3n) is 5.66. The average Bonchev–Trinajstić information content (AvgIpc) is 3.19. The molecule has 4 atom stereocenters. The van der Waals surface area contributed by atoms with Crippen LogP contribution in [-0.2, 0) is 14.4 Å². The van der Waals surface area contributed by atoms with Gasteiger partial charge in [0.05, 0.1) is 5.69 Å². The van der Waals surface area contributed by atoms with Crippen molar-refractivity contribution in [1.82, 2.24) is 5.32 Å². The topological polar surface area (TPSA) is 92.5 Å². The Kier molecular flexibility index (Phi) is 4.79. The highest BCUT2D eigenvalue weighted by Gasteiger charge is 2.42. The van der Waals surface area contributed by atoms with Gasteiger partial charge in [0.25, 0.3) is 0 Å². The van der Waals surface area contributed by atoms with E-state index in [9.17, 15) is 14.4 Å². The Balaban J connectivity index is 1.68. The van der Waals surface area contributed by atoms with Crippen LogP contribution in [0.3, 0.4) is 0 Å². The zero-order chi connectivity index (χ0) is 18.1. The number of nitrogens with zero attached hydrogens (tertiary/aromatic N) is 1. The zero-order valence-electron chi connectivity index (χ0n) is 14.7. The first-order valence-electron chi connectivity index (χ1n) is 8.88. The molecular formula is C19H25N3O3. The standard InChI is InChI=1S/C19H25N3O3/c1-11(17-10-13-3-4-14(17)9-13)21-18(24)19(25)22(12(2)23)16-7-5-15(20)6-8-16/h5-8,11,13-14,17H,3-4,9-10,20H2,1-2H3,(H,21,24). The van der Waals surface area contributed by atoms with E-state index >= 15 is 0 Å².